The van der Waals surface area contributed by atoms with Gasteiger partial charge < -0.3 is 10.0 Å². The van der Waals surface area contributed by atoms with E-state index in [9.17, 15) is 9.59 Å². The van der Waals surface area contributed by atoms with Crippen LogP contribution in [-0.2, 0) is 4.79 Å². The van der Waals surface area contributed by atoms with Crippen molar-refractivity contribution in [2.45, 2.75) is 18.9 Å². The van der Waals surface area contributed by atoms with Crippen LogP contribution in [0.2, 0.25) is 0 Å². The molecule has 0 bridgehead atoms. The zero-order valence-corrected chi connectivity index (χ0v) is 10.2. The predicted octanol–water partition coefficient (Wildman–Crippen LogP) is 1.79. The van der Waals surface area contributed by atoms with Gasteiger partial charge in [-0.05, 0) is 18.6 Å². The van der Waals surface area contributed by atoms with E-state index in [-0.39, 0.29) is 18.5 Å². The average Bonchev–Trinajstić information content (AvgIpc) is 2.64. The first-order chi connectivity index (χ1) is 8.59. The largest absolute Gasteiger partial charge is 0.481 e. The topological polar surface area (TPSA) is 60.9 Å². The van der Waals surface area contributed by atoms with E-state index in [2.05, 4.69) is 0 Å². The Labute approximate surface area is 106 Å². The lowest BCUT2D eigenvalue weighted by Crippen LogP contribution is -2.34. The summed E-state index contributed by atoms with van der Waals surface area (Å²) in [6.07, 6.45) is 0.551. The highest BCUT2D eigenvalue weighted by Gasteiger charge is 2.35. The van der Waals surface area contributed by atoms with Crippen molar-refractivity contribution in [1.82, 2.24) is 4.90 Å². The van der Waals surface area contributed by atoms with Gasteiger partial charge in [0.25, 0.3) is 0 Å². The van der Waals surface area contributed by atoms with Crippen LogP contribution in [0.25, 0.3) is 0 Å². The second-order valence-electron chi connectivity index (χ2n) is 4.45. The second-order valence-corrected chi connectivity index (χ2v) is 4.45. The first kappa shape index (κ1) is 12.4. The molecule has 1 unspecified atom stereocenters. The number of carbonyl (C=O) groups is 2. The Bertz CT molecular complexity index is 447. The fourth-order valence-electron chi connectivity index (χ4n) is 2.24. The number of carboxylic acid groups (broad SMARTS) is 1. The van der Waals surface area contributed by atoms with Gasteiger partial charge in [-0.1, -0.05) is 18.2 Å². The van der Waals surface area contributed by atoms with Crippen molar-refractivity contribution >= 4 is 17.7 Å². The zero-order chi connectivity index (χ0) is 13.1. The number of carbonyl (C=O) groups excluding carboxylic acids is 1. The Morgan fingerprint density at radius 3 is 2.67 bits per heavy atom. The zero-order valence-electron chi connectivity index (χ0n) is 10.2. The van der Waals surface area contributed by atoms with Gasteiger partial charge in [-0.25, -0.2) is 4.79 Å². The summed E-state index contributed by atoms with van der Waals surface area (Å²) in [6.45, 7) is 0.570. The fraction of sp³-hybridized carbons (Fsp3) is 0.385. The van der Waals surface area contributed by atoms with Crippen LogP contribution in [0.5, 0.6) is 0 Å². The van der Waals surface area contributed by atoms with Gasteiger partial charge >= 0.3 is 12.0 Å². The molecule has 0 radical (unpaired) electrons. The van der Waals surface area contributed by atoms with Gasteiger partial charge in [-0.3, -0.25) is 9.69 Å². The Morgan fingerprint density at radius 1 is 1.39 bits per heavy atom. The third-order valence-electron chi connectivity index (χ3n) is 3.11. The first-order valence-corrected chi connectivity index (χ1v) is 5.91. The number of carboxylic acids is 1. The van der Waals surface area contributed by atoms with Crippen LogP contribution in [0.1, 0.15) is 12.8 Å². The maximum absolute atomic E-state index is 12.1. The maximum atomic E-state index is 12.1. The van der Waals surface area contributed by atoms with Crippen molar-refractivity contribution in [2.75, 3.05) is 18.5 Å². The van der Waals surface area contributed by atoms with Crippen LogP contribution in [0.3, 0.4) is 0 Å². The molecule has 1 fully saturated rings. The van der Waals surface area contributed by atoms with Crippen molar-refractivity contribution in [3.63, 3.8) is 0 Å². The quantitative estimate of drug-likeness (QED) is 0.883. The first-order valence-electron chi connectivity index (χ1n) is 5.91. The summed E-state index contributed by atoms with van der Waals surface area (Å²) in [5.41, 5.74) is 0.822. The highest BCUT2D eigenvalue weighted by Crippen LogP contribution is 2.26. The minimum atomic E-state index is -0.829. The molecule has 1 atom stereocenters. The number of likely N-dealkylation sites (N-methyl/N-ethyl adjacent to an activating group) is 1. The van der Waals surface area contributed by atoms with Gasteiger partial charge in [0.2, 0.25) is 0 Å². The van der Waals surface area contributed by atoms with Crippen molar-refractivity contribution < 1.29 is 14.7 Å². The molecule has 5 nitrogen and oxygen atoms in total. The third-order valence-corrected chi connectivity index (χ3v) is 3.11. The van der Waals surface area contributed by atoms with E-state index in [1.807, 2.05) is 30.3 Å². The van der Waals surface area contributed by atoms with Gasteiger partial charge in [-0.2, -0.15) is 0 Å². The molecular formula is C13H16N2O3. The molecular weight excluding hydrogens is 232 g/mol. The van der Waals surface area contributed by atoms with Crippen LogP contribution < -0.4 is 4.90 Å². The Kier molecular flexibility index (Phi) is 3.50. The lowest BCUT2D eigenvalue weighted by molar-refractivity contribution is -0.137. The SMILES string of the molecule is CN1CC(CCC(=O)O)N(c2ccccc2)C1=O. The van der Waals surface area contributed by atoms with Gasteiger partial charge in [0, 0.05) is 25.7 Å². The van der Waals surface area contributed by atoms with E-state index in [0.717, 1.165) is 5.69 Å². The molecule has 0 aliphatic carbocycles. The number of aliphatic carboxylic acids is 1. The number of nitrogens with zero attached hydrogens (tertiary/aromatic N) is 2. The van der Waals surface area contributed by atoms with Crippen LogP contribution >= 0.6 is 0 Å². The smallest absolute Gasteiger partial charge is 0.324 e. The number of rotatable bonds is 4. The monoisotopic (exact) mass is 248 g/mol. The number of benzene rings is 1. The maximum Gasteiger partial charge on any atom is 0.324 e. The van der Waals surface area contributed by atoms with Gasteiger partial charge in [0.05, 0.1) is 6.04 Å². The molecule has 2 amide bonds. The van der Waals surface area contributed by atoms with Crippen LogP contribution in [0, 0.1) is 0 Å². The number of urea groups is 1. The molecule has 1 saturated heterocycles. The molecule has 0 aromatic heterocycles. The number of para-hydroxylation sites is 1. The highest BCUT2D eigenvalue weighted by atomic mass is 16.4. The molecule has 1 aliphatic heterocycles. The lowest BCUT2D eigenvalue weighted by atomic mass is 10.1. The second kappa shape index (κ2) is 5.08. The Hall–Kier alpha value is -2.04. The van der Waals surface area contributed by atoms with Crippen molar-refractivity contribution in [1.29, 1.82) is 0 Å². The molecule has 1 aliphatic rings. The van der Waals surface area contributed by atoms with Gasteiger partial charge in [0.1, 0.15) is 0 Å². The van der Waals surface area contributed by atoms with E-state index in [4.69, 9.17) is 5.11 Å². The van der Waals surface area contributed by atoms with Crippen molar-refractivity contribution in [2.24, 2.45) is 0 Å². The highest BCUT2D eigenvalue weighted by molar-refractivity contribution is 5.94. The van der Waals surface area contributed by atoms with E-state index in [1.165, 1.54) is 0 Å². The summed E-state index contributed by atoms with van der Waals surface area (Å²) < 4.78 is 0. The molecule has 96 valence electrons. The number of amides is 2. The summed E-state index contributed by atoms with van der Waals surface area (Å²) in [5, 5.41) is 8.75. The summed E-state index contributed by atoms with van der Waals surface area (Å²) in [5.74, 6) is -0.829. The van der Waals surface area contributed by atoms with E-state index in [1.54, 1.807) is 16.8 Å². The molecule has 2 rings (SSSR count). The average molecular weight is 248 g/mol. The molecule has 1 aromatic carbocycles. The predicted molar refractivity (Wildman–Crippen MR) is 67.6 cm³/mol. The number of hydrogen-bond acceptors (Lipinski definition) is 2. The Balaban J connectivity index is 2.18. The third kappa shape index (κ3) is 2.45. The van der Waals surface area contributed by atoms with Crippen LogP contribution in [-0.4, -0.2) is 41.6 Å². The summed E-state index contributed by atoms with van der Waals surface area (Å²) in [6, 6.07) is 9.22. The van der Waals surface area contributed by atoms with E-state index >= 15 is 0 Å². The molecule has 0 saturated carbocycles. The van der Waals surface area contributed by atoms with Crippen LogP contribution in [0.15, 0.2) is 30.3 Å². The van der Waals surface area contributed by atoms with Crippen molar-refractivity contribution in [3.8, 4) is 0 Å². The summed E-state index contributed by atoms with van der Waals surface area (Å²) in [4.78, 5) is 26.0. The summed E-state index contributed by atoms with van der Waals surface area (Å²) in [7, 11) is 1.74. The minimum Gasteiger partial charge on any atom is -0.481 e. The van der Waals surface area contributed by atoms with Gasteiger partial charge in [-0.15, -0.1) is 0 Å². The van der Waals surface area contributed by atoms with Gasteiger partial charge in [0.15, 0.2) is 0 Å². The lowest BCUT2D eigenvalue weighted by Gasteiger charge is -2.22. The fourth-order valence-corrected chi connectivity index (χ4v) is 2.24. The number of hydrogen-bond donors (Lipinski definition) is 1. The van der Waals surface area contributed by atoms with Crippen LogP contribution in [0.4, 0.5) is 10.5 Å². The van der Waals surface area contributed by atoms with E-state index in [0.29, 0.717) is 13.0 Å². The molecule has 1 aromatic rings. The molecule has 18 heavy (non-hydrogen) atoms. The normalized spacial score (nSPS) is 19.4. The Morgan fingerprint density at radius 2 is 2.06 bits per heavy atom. The molecule has 0 spiro atoms. The number of anilines is 1. The van der Waals surface area contributed by atoms with E-state index < -0.39 is 5.97 Å². The van der Waals surface area contributed by atoms with Crippen molar-refractivity contribution in [3.05, 3.63) is 30.3 Å². The summed E-state index contributed by atoms with van der Waals surface area (Å²) >= 11 is 0. The molecule has 1 N–H and O–H groups in total. The molecule has 1 heterocycles. The standard InChI is InChI=1S/C13H16N2O3/c1-14-9-11(7-8-12(16)17)15(13(14)18)10-5-3-2-4-6-10/h2-6,11H,7-9H2,1H3,(H,16,17). The molecule has 5 heteroatoms. The minimum absolute atomic E-state index is 0.0685.